The summed E-state index contributed by atoms with van der Waals surface area (Å²) in [5.74, 6) is -0.879. The zero-order valence-electron chi connectivity index (χ0n) is 17.1. The van der Waals surface area contributed by atoms with Gasteiger partial charge in [-0.1, -0.05) is 55.0 Å². The molecule has 1 aliphatic heterocycles. The van der Waals surface area contributed by atoms with Crippen LogP contribution in [0.25, 0.3) is 0 Å². The summed E-state index contributed by atoms with van der Waals surface area (Å²) in [5.41, 5.74) is 1.79. The number of aliphatic hydroxyl groups excluding tert-OH is 1. The van der Waals surface area contributed by atoms with Crippen LogP contribution in [0.3, 0.4) is 0 Å². The number of carboxylic acids is 1. The van der Waals surface area contributed by atoms with Gasteiger partial charge in [0, 0.05) is 19.2 Å². The third-order valence-electron chi connectivity index (χ3n) is 5.22. The lowest BCUT2D eigenvalue weighted by Gasteiger charge is -2.35. The van der Waals surface area contributed by atoms with Crippen LogP contribution in [0.5, 0.6) is 0 Å². The van der Waals surface area contributed by atoms with E-state index in [1.807, 2.05) is 0 Å². The number of likely N-dealkylation sites (tertiary alicyclic amines) is 1. The van der Waals surface area contributed by atoms with Crippen molar-refractivity contribution in [3.63, 3.8) is 0 Å². The van der Waals surface area contributed by atoms with Crippen LogP contribution in [-0.4, -0.2) is 46.8 Å². The van der Waals surface area contributed by atoms with Gasteiger partial charge in [0.25, 0.3) is 0 Å². The van der Waals surface area contributed by atoms with Crippen LogP contribution >= 0.6 is 12.4 Å². The number of nitrogens with zero attached hydrogens (tertiary/aromatic N) is 1. The molecular weight excluding hydrogens is 386 g/mol. The molecule has 1 heterocycles. The molecule has 2 aromatic rings. The molecule has 0 aromatic heterocycles. The molecule has 1 atom stereocenters. The molecule has 160 valence electrons. The lowest BCUT2D eigenvalue weighted by molar-refractivity contribution is 0.0697. The molecule has 0 spiro atoms. The van der Waals surface area contributed by atoms with E-state index in [0.717, 1.165) is 19.0 Å². The molecule has 0 bridgehead atoms. The predicted molar refractivity (Wildman–Crippen MR) is 121 cm³/mol. The second-order valence-electron chi connectivity index (χ2n) is 7.31. The monoisotopic (exact) mass is 419 g/mol. The van der Waals surface area contributed by atoms with Gasteiger partial charge in [-0.05, 0) is 62.8 Å². The van der Waals surface area contributed by atoms with Gasteiger partial charge < -0.3 is 15.1 Å². The number of halogens is 1. The molecule has 1 aliphatic rings. The van der Waals surface area contributed by atoms with E-state index >= 15 is 0 Å². The number of rotatable bonds is 8. The molecule has 5 heteroatoms. The van der Waals surface area contributed by atoms with Crippen molar-refractivity contribution in [2.75, 3.05) is 19.7 Å². The van der Waals surface area contributed by atoms with Crippen molar-refractivity contribution in [2.45, 2.75) is 51.0 Å². The smallest absolute Gasteiger partial charge is 0.335 e. The lowest BCUT2D eigenvalue weighted by Crippen LogP contribution is -2.40. The fourth-order valence-electron chi connectivity index (χ4n) is 3.72. The number of piperidine rings is 1. The molecule has 2 N–H and O–H groups in total. The van der Waals surface area contributed by atoms with Crippen molar-refractivity contribution >= 4 is 18.4 Å². The Labute approximate surface area is 181 Å². The van der Waals surface area contributed by atoms with Crippen molar-refractivity contribution in [3.8, 4) is 0 Å². The van der Waals surface area contributed by atoms with E-state index in [4.69, 9.17) is 10.2 Å². The Morgan fingerprint density at radius 2 is 1.62 bits per heavy atom. The summed E-state index contributed by atoms with van der Waals surface area (Å²) in [4.78, 5) is 12.8. The summed E-state index contributed by atoms with van der Waals surface area (Å²) in [6.45, 7) is 2.63. The van der Waals surface area contributed by atoms with Gasteiger partial charge in [0.1, 0.15) is 0 Å². The number of hydrogen-bond donors (Lipinski definition) is 2. The molecule has 0 radical (unpaired) electrons. The SMILES string of the molecule is Cl.O=C(O)c1ccccc1.OCCCN1CCCCC1CCCc1ccccc1. The van der Waals surface area contributed by atoms with Crippen molar-refractivity contribution in [2.24, 2.45) is 0 Å². The lowest BCUT2D eigenvalue weighted by atomic mass is 9.96. The summed E-state index contributed by atoms with van der Waals surface area (Å²) in [6, 6.07) is 19.8. The molecule has 2 aromatic carbocycles. The minimum Gasteiger partial charge on any atom is -0.478 e. The number of carboxylic acid groups (broad SMARTS) is 1. The molecule has 0 amide bonds. The number of benzene rings is 2. The van der Waals surface area contributed by atoms with Crippen LogP contribution < -0.4 is 0 Å². The van der Waals surface area contributed by atoms with Gasteiger partial charge in [-0.3, -0.25) is 0 Å². The van der Waals surface area contributed by atoms with E-state index in [0.29, 0.717) is 12.2 Å². The minimum absolute atomic E-state index is 0. The summed E-state index contributed by atoms with van der Waals surface area (Å²) >= 11 is 0. The fraction of sp³-hybridized carbons (Fsp3) is 0.458. The highest BCUT2D eigenvalue weighted by molar-refractivity contribution is 5.87. The van der Waals surface area contributed by atoms with Gasteiger partial charge in [-0.2, -0.15) is 0 Å². The largest absolute Gasteiger partial charge is 0.478 e. The molecular formula is C24H34ClNO3. The average Bonchev–Trinajstić information content (AvgIpc) is 2.75. The van der Waals surface area contributed by atoms with Gasteiger partial charge in [0.05, 0.1) is 5.56 Å². The second kappa shape index (κ2) is 15.0. The molecule has 0 aliphatic carbocycles. The van der Waals surface area contributed by atoms with Crippen molar-refractivity contribution < 1.29 is 15.0 Å². The maximum absolute atomic E-state index is 10.2. The topological polar surface area (TPSA) is 60.8 Å². The Hall–Kier alpha value is -1.88. The summed E-state index contributed by atoms with van der Waals surface area (Å²) < 4.78 is 0. The highest BCUT2D eigenvalue weighted by Gasteiger charge is 2.21. The fourth-order valence-corrected chi connectivity index (χ4v) is 3.72. The van der Waals surface area contributed by atoms with Crippen LogP contribution in [0.15, 0.2) is 60.7 Å². The predicted octanol–water partition coefficient (Wildman–Crippen LogP) is 5.05. The van der Waals surface area contributed by atoms with Crippen molar-refractivity contribution in [3.05, 3.63) is 71.8 Å². The van der Waals surface area contributed by atoms with E-state index < -0.39 is 5.97 Å². The molecule has 1 unspecified atom stereocenters. The van der Waals surface area contributed by atoms with Gasteiger partial charge in [0.15, 0.2) is 0 Å². The first-order chi connectivity index (χ1) is 13.7. The van der Waals surface area contributed by atoms with Gasteiger partial charge in [-0.15, -0.1) is 12.4 Å². The highest BCUT2D eigenvalue weighted by atomic mass is 35.5. The maximum atomic E-state index is 10.2. The summed E-state index contributed by atoms with van der Waals surface area (Å²) in [6.07, 6.45) is 8.78. The van der Waals surface area contributed by atoms with E-state index in [9.17, 15) is 4.79 Å². The number of carbonyl (C=O) groups is 1. The Bertz CT molecular complexity index is 666. The zero-order chi connectivity index (χ0) is 20.0. The van der Waals surface area contributed by atoms with Crippen LogP contribution in [0, 0.1) is 0 Å². The van der Waals surface area contributed by atoms with E-state index in [1.54, 1.807) is 30.3 Å². The number of hydrogen-bond acceptors (Lipinski definition) is 3. The van der Waals surface area contributed by atoms with Crippen LogP contribution in [-0.2, 0) is 6.42 Å². The summed E-state index contributed by atoms with van der Waals surface area (Å²) in [5, 5.41) is 17.4. The van der Waals surface area contributed by atoms with Gasteiger partial charge in [0.2, 0.25) is 0 Å². The average molecular weight is 420 g/mol. The standard InChI is InChI=1S/C17H27NO.C7H6O2.ClH/c19-15-7-14-18-13-5-4-11-17(18)12-6-10-16-8-2-1-3-9-16;8-7(9)6-4-2-1-3-5-6;/h1-3,8-9,17,19H,4-7,10-15H2;1-5H,(H,8,9);1H. The maximum Gasteiger partial charge on any atom is 0.335 e. The Kier molecular flexibility index (Phi) is 13.0. The van der Waals surface area contributed by atoms with E-state index in [-0.39, 0.29) is 12.4 Å². The Morgan fingerprint density at radius 3 is 2.21 bits per heavy atom. The summed E-state index contributed by atoms with van der Waals surface area (Å²) in [7, 11) is 0. The van der Waals surface area contributed by atoms with E-state index in [1.165, 1.54) is 50.6 Å². The first-order valence-corrected chi connectivity index (χ1v) is 10.4. The number of aromatic carboxylic acids is 1. The minimum atomic E-state index is -0.879. The molecule has 3 rings (SSSR count). The first kappa shape index (κ1) is 25.2. The number of aryl methyl sites for hydroxylation is 1. The third-order valence-corrected chi connectivity index (χ3v) is 5.22. The third kappa shape index (κ3) is 9.93. The van der Waals surface area contributed by atoms with Crippen LogP contribution in [0.4, 0.5) is 0 Å². The van der Waals surface area contributed by atoms with Crippen LogP contribution in [0.1, 0.15) is 54.4 Å². The first-order valence-electron chi connectivity index (χ1n) is 10.4. The molecule has 29 heavy (non-hydrogen) atoms. The Morgan fingerprint density at radius 1 is 0.966 bits per heavy atom. The van der Waals surface area contributed by atoms with Crippen LogP contribution in [0.2, 0.25) is 0 Å². The van der Waals surface area contributed by atoms with Crippen molar-refractivity contribution in [1.82, 2.24) is 4.90 Å². The molecule has 1 saturated heterocycles. The Balaban J connectivity index is 0.000000355. The zero-order valence-corrected chi connectivity index (χ0v) is 17.9. The van der Waals surface area contributed by atoms with Crippen molar-refractivity contribution in [1.29, 1.82) is 0 Å². The normalized spacial score (nSPS) is 16.2. The highest BCUT2D eigenvalue weighted by Crippen LogP contribution is 2.21. The second-order valence-corrected chi connectivity index (χ2v) is 7.31. The molecule has 4 nitrogen and oxygen atoms in total. The molecule has 1 fully saturated rings. The molecule has 0 saturated carbocycles. The van der Waals surface area contributed by atoms with E-state index in [2.05, 4.69) is 35.2 Å². The van der Waals surface area contributed by atoms with Gasteiger partial charge >= 0.3 is 5.97 Å². The number of aliphatic hydroxyl groups is 1. The van der Waals surface area contributed by atoms with Gasteiger partial charge in [-0.25, -0.2) is 4.79 Å². The quantitative estimate of drug-likeness (QED) is 0.628.